The van der Waals surface area contributed by atoms with Gasteiger partial charge >= 0.3 is 0 Å². The predicted octanol–water partition coefficient (Wildman–Crippen LogP) is 3.25. The minimum atomic E-state index is -0.392. The van der Waals surface area contributed by atoms with Crippen molar-refractivity contribution < 1.29 is 5.11 Å². The van der Waals surface area contributed by atoms with Gasteiger partial charge in [-0.05, 0) is 36.9 Å². The molecule has 4 heteroatoms. The van der Waals surface area contributed by atoms with Crippen molar-refractivity contribution in [3.63, 3.8) is 0 Å². The Hall–Kier alpha value is -0.680. The molecule has 0 amide bonds. The molecular weight excluding hydrogens is 250 g/mol. The smallest absolute Gasteiger partial charge is 0.101 e. The predicted molar refractivity (Wildman–Crippen MR) is 74.8 cm³/mol. The lowest BCUT2D eigenvalue weighted by Crippen LogP contribution is -2.19. The largest absolute Gasteiger partial charge is 0.386 e. The summed E-state index contributed by atoms with van der Waals surface area (Å²) in [5.41, 5.74) is 1.35. The molecule has 0 aliphatic carbocycles. The highest BCUT2D eigenvalue weighted by atomic mass is 32.1. The van der Waals surface area contributed by atoms with E-state index in [1.165, 1.54) is 15.3 Å². The van der Waals surface area contributed by atoms with E-state index < -0.39 is 6.10 Å². The van der Waals surface area contributed by atoms with Crippen LogP contribution in [0.5, 0.6) is 0 Å². The molecule has 2 aromatic heterocycles. The van der Waals surface area contributed by atoms with Crippen LogP contribution in [0.25, 0.3) is 0 Å². The fraction of sp³-hybridized carbons (Fsp3) is 0.385. The van der Waals surface area contributed by atoms with Crippen LogP contribution in [-0.4, -0.2) is 11.7 Å². The molecule has 2 N–H and O–H groups in total. The minimum Gasteiger partial charge on any atom is -0.386 e. The van der Waals surface area contributed by atoms with Gasteiger partial charge in [-0.1, -0.05) is 6.07 Å². The second-order valence-corrected chi connectivity index (χ2v) is 6.43. The Bertz CT molecular complexity index is 442. The van der Waals surface area contributed by atoms with Gasteiger partial charge in [0.05, 0.1) is 0 Å². The first-order valence-electron chi connectivity index (χ1n) is 5.65. The Labute approximate surface area is 110 Å². The summed E-state index contributed by atoms with van der Waals surface area (Å²) >= 11 is 3.42. The van der Waals surface area contributed by atoms with Gasteiger partial charge in [-0.25, -0.2) is 0 Å². The van der Waals surface area contributed by atoms with Gasteiger partial charge in [-0.3, -0.25) is 0 Å². The molecule has 0 bridgehead atoms. The summed E-state index contributed by atoms with van der Waals surface area (Å²) in [7, 11) is 0. The number of thiophene rings is 2. The normalized spacial score (nSPS) is 12.9. The number of aliphatic hydroxyl groups excluding tert-OH is 1. The summed E-state index contributed by atoms with van der Waals surface area (Å²) in [6, 6.07) is 6.15. The maximum absolute atomic E-state index is 9.90. The lowest BCUT2D eigenvalue weighted by atomic mass is 10.2. The van der Waals surface area contributed by atoms with E-state index in [4.69, 9.17) is 0 Å². The van der Waals surface area contributed by atoms with E-state index in [-0.39, 0.29) is 0 Å². The molecule has 0 spiro atoms. The lowest BCUT2D eigenvalue weighted by molar-refractivity contribution is 0.178. The Balaban J connectivity index is 1.80. The third kappa shape index (κ3) is 3.39. The molecule has 1 atom stereocenters. The average Bonchev–Trinajstić information content (AvgIpc) is 2.90. The van der Waals surface area contributed by atoms with Crippen LogP contribution in [0.15, 0.2) is 23.6 Å². The zero-order valence-electron chi connectivity index (χ0n) is 10.1. The number of aryl methyl sites for hydroxylation is 2. The van der Waals surface area contributed by atoms with Gasteiger partial charge < -0.3 is 10.4 Å². The quantitative estimate of drug-likeness (QED) is 0.871. The standard InChI is InChI=1S/C13H17NOS2/c1-9-6-11(17-10(9)2)7-14-8-12(15)13-4-3-5-16-13/h3-6,12,14-15H,7-8H2,1-2H3. The van der Waals surface area contributed by atoms with E-state index in [9.17, 15) is 5.11 Å². The molecule has 0 saturated carbocycles. The lowest BCUT2D eigenvalue weighted by Gasteiger charge is -2.09. The second-order valence-electron chi connectivity index (χ2n) is 4.11. The molecule has 0 aliphatic heterocycles. The molecule has 0 aromatic carbocycles. The van der Waals surface area contributed by atoms with Crippen molar-refractivity contribution in [2.75, 3.05) is 6.54 Å². The fourth-order valence-electron chi connectivity index (χ4n) is 1.65. The van der Waals surface area contributed by atoms with Crippen molar-refractivity contribution in [3.05, 3.63) is 43.8 Å². The maximum Gasteiger partial charge on any atom is 0.101 e. The van der Waals surface area contributed by atoms with Gasteiger partial charge in [0.1, 0.15) is 6.10 Å². The van der Waals surface area contributed by atoms with E-state index in [2.05, 4.69) is 25.2 Å². The molecule has 2 aromatic rings. The highest BCUT2D eigenvalue weighted by molar-refractivity contribution is 7.12. The van der Waals surface area contributed by atoms with Crippen molar-refractivity contribution in [1.29, 1.82) is 0 Å². The van der Waals surface area contributed by atoms with Crippen LogP contribution < -0.4 is 5.32 Å². The van der Waals surface area contributed by atoms with Crippen LogP contribution in [0.1, 0.15) is 26.3 Å². The van der Waals surface area contributed by atoms with Crippen molar-refractivity contribution in [2.45, 2.75) is 26.5 Å². The van der Waals surface area contributed by atoms with Crippen molar-refractivity contribution in [1.82, 2.24) is 5.32 Å². The molecule has 0 fully saturated rings. The molecule has 0 aliphatic rings. The number of aliphatic hydroxyl groups is 1. The SMILES string of the molecule is Cc1cc(CNCC(O)c2cccs2)sc1C. The van der Waals surface area contributed by atoms with Crippen molar-refractivity contribution in [2.24, 2.45) is 0 Å². The number of rotatable bonds is 5. The Morgan fingerprint density at radius 1 is 1.41 bits per heavy atom. The van der Waals surface area contributed by atoms with Crippen molar-refractivity contribution >= 4 is 22.7 Å². The third-order valence-corrected chi connectivity index (χ3v) is 4.85. The Morgan fingerprint density at radius 2 is 2.24 bits per heavy atom. The van der Waals surface area contributed by atoms with E-state index in [1.807, 2.05) is 28.8 Å². The molecule has 1 unspecified atom stereocenters. The summed E-state index contributed by atoms with van der Waals surface area (Å²) in [4.78, 5) is 3.73. The minimum absolute atomic E-state index is 0.392. The van der Waals surface area contributed by atoms with Crippen LogP contribution in [-0.2, 0) is 6.54 Å². The summed E-state index contributed by atoms with van der Waals surface area (Å²) in [5, 5.41) is 15.2. The first kappa shape index (κ1) is 12.8. The van der Waals surface area contributed by atoms with Gasteiger partial charge in [-0.15, -0.1) is 22.7 Å². The molecule has 2 heterocycles. The summed E-state index contributed by atoms with van der Waals surface area (Å²) < 4.78 is 0. The van der Waals surface area contributed by atoms with Crippen LogP contribution in [0.2, 0.25) is 0 Å². The maximum atomic E-state index is 9.90. The number of hydrogen-bond acceptors (Lipinski definition) is 4. The highest BCUT2D eigenvalue weighted by Gasteiger charge is 2.08. The van der Waals surface area contributed by atoms with E-state index in [1.54, 1.807) is 11.3 Å². The van der Waals surface area contributed by atoms with Gasteiger partial charge in [0, 0.05) is 27.7 Å². The molecule has 17 heavy (non-hydrogen) atoms. The summed E-state index contributed by atoms with van der Waals surface area (Å²) in [6.45, 7) is 5.72. The second kappa shape index (κ2) is 5.78. The van der Waals surface area contributed by atoms with Gasteiger partial charge in [0.25, 0.3) is 0 Å². The van der Waals surface area contributed by atoms with Crippen LogP contribution in [0.4, 0.5) is 0 Å². The molecular formula is C13H17NOS2. The van der Waals surface area contributed by atoms with Crippen LogP contribution in [0.3, 0.4) is 0 Å². The highest BCUT2D eigenvalue weighted by Crippen LogP contribution is 2.21. The van der Waals surface area contributed by atoms with Crippen LogP contribution in [0, 0.1) is 13.8 Å². The molecule has 0 radical (unpaired) electrons. The van der Waals surface area contributed by atoms with Gasteiger partial charge in [-0.2, -0.15) is 0 Å². The van der Waals surface area contributed by atoms with E-state index in [0.29, 0.717) is 6.54 Å². The first-order chi connectivity index (χ1) is 8.16. The topological polar surface area (TPSA) is 32.3 Å². The first-order valence-corrected chi connectivity index (χ1v) is 7.34. The van der Waals surface area contributed by atoms with Crippen molar-refractivity contribution in [3.8, 4) is 0 Å². The third-order valence-electron chi connectivity index (χ3n) is 2.73. The monoisotopic (exact) mass is 267 g/mol. The van der Waals surface area contributed by atoms with Gasteiger partial charge in [0.2, 0.25) is 0 Å². The summed E-state index contributed by atoms with van der Waals surface area (Å²) in [5.74, 6) is 0. The number of nitrogens with one attached hydrogen (secondary N) is 1. The zero-order valence-corrected chi connectivity index (χ0v) is 11.7. The van der Waals surface area contributed by atoms with E-state index >= 15 is 0 Å². The summed E-state index contributed by atoms with van der Waals surface area (Å²) in [6.07, 6.45) is -0.392. The zero-order chi connectivity index (χ0) is 12.3. The molecule has 0 saturated heterocycles. The fourth-order valence-corrected chi connectivity index (χ4v) is 3.39. The molecule has 2 rings (SSSR count). The Kier molecular flexibility index (Phi) is 4.34. The Morgan fingerprint density at radius 3 is 2.82 bits per heavy atom. The molecule has 92 valence electrons. The molecule has 2 nitrogen and oxygen atoms in total. The number of hydrogen-bond donors (Lipinski definition) is 2. The van der Waals surface area contributed by atoms with E-state index in [0.717, 1.165) is 11.4 Å². The van der Waals surface area contributed by atoms with Gasteiger partial charge in [0.15, 0.2) is 0 Å². The average molecular weight is 267 g/mol. The van der Waals surface area contributed by atoms with Crippen LogP contribution >= 0.6 is 22.7 Å².